The van der Waals surface area contributed by atoms with Crippen LogP contribution >= 0.6 is 11.3 Å². The smallest absolute Gasteiger partial charge is 0.222 e. The number of likely N-dealkylation sites (tertiary alicyclic amines) is 1. The second kappa shape index (κ2) is 13.5. The van der Waals surface area contributed by atoms with Gasteiger partial charge >= 0.3 is 0 Å². The van der Waals surface area contributed by atoms with Crippen molar-refractivity contribution in [3.05, 3.63) is 47.1 Å². The van der Waals surface area contributed by atoms with Gasteiger partial charge in [-0.05, 0) is 50.9 Å². The van der Waals surface area contributed by atoms with Gasteiger partial charge in [0.2, 0.25) is 5.91 Å². The molecular weight excluding hydrogens is 534 g/mol. The van der Waals surface area contributed by atoms with Crippen molar-refractivity contribution in [1.82, 2.24) is 25.1 Å². The topological polar surface area (TPSA) is 77.1 Å². The zero-order valence-corrected chi connectivity index (χ0v) is 25.1. The molecule has 2 aromatic heterocycles. The van der Waals surface area contributed by atoms with Crippen molar-refractivity contribution in [2.75, 3.05) is 88.5 Å². The third-order valence-corrected chi connectivity index (χ3v) is 9.62. The second-order valence-electron chi connectivity index (χ2n) is 11.5. The molecule has 1 unspecified atom stereocenters. The Balaban J connectivity index is 1.18. The van der Waals surface area contributed by atoms with Gasteiger partial charge in [-0.2, -0.15) is 0 Å². The lowest BCUT2D eigenvalue weighted by molar-refractivity contribution is -0.122. The van der Waals surface area contributed by atoms with Crippen LogP contribution < -0.4 is 15.1 Å². The van der Waals surface area contributed by atoms with Crippen molar-refractivity contribution < 1.29 is 9.53 Å². The first-order chi connectivity index (χ1) is 20.2. The van der Waals surface area contributed by atoms with Gasteiger partial charge in [-0.3, -0.25) is 14.7 Å². The highest BCUT2D eigenvalue weighted by molar-refractivity contribution is 7.13. The number of hydrogen-bond donors (Lipinski definition) is 1. The van der Waals surface area contributed by atoms with E-state index in [2.05, 4.69) is 55.4 Å². The Hall–Kier alpha value is -2.79. The normalized spacial score (nSPS) is 19.9. The number of rotatable bonds is 9. The number of carbonyl (C=O) groups excluding carboxylic acids is 1. The van der Waals surface area contributed by atoms with Crippen LogP contribution in [0.1, 0.15) is 43.0 Å². The molecule has 3 aromatic rings. The largest absolute Gasteiger partial charge is 0.378 e. The summed E-state index contributed by atoms with van der Waals surface area (Å²) < 4.78 is 5.55. The number of aryl methyl sites for hydroxylation is 1. The van der Waals surface area contributed by atoms with Crippen LogP contribution in [0.15, 0.2) is 35.8 Å². The summed E-state index contributed by atoms with van der Waals surface area (Å²) in [7, 11) is 0. The average molecular weight is 578 g/mol. The number of aromatic nitrogens is 2. The fraction of sp³-hybridized carbons (Fsp3) is 0.581. The lowest BCUT2D eigenvalue weighted by atomic mass is 10.1. The Labute approximate surface area is 247 Å². The Morgan fingerprint density at radius 2 is 1.85 bits per heavy atom. The van der Waals surface area contributed by atoms with Gasteiger partial charge in [-0.1, -0.05) is 18.2 Å². The number of anilines is 2. The van der Waals surface area contributed by atoms with E-state index in [-0.39, 0.29) is 11.9 Å². The monoisotopic (exact) mass is 577 g/mol. The summed E-state index contributed by atoms with van der Waals surface area (Å²) in [6, 6.07) is 8.48. The van der Waals surface area contributed by atoms with E-state index in [0.29, 0.717) is 13.0 Å². The van der Waals surface area contributed by atoms with Gasteiger partial charge in [0, 0.05) is 75.7 Å². The Morgan fingerprint density at radius 1 is 1.00 bits per heavy atom. The minimum Gasteiger partial charge on any atom is -0.378 e. The summed E-state index contributed by atoms with van der Waals surface area (Å²) >= 11 is 1.69. The fourth-order valence-corrected chi connectivity index (χ4v) is 7.39. The standard InChI is InChI=1S/C31H43N7O2S/c1-24-7-8-25-6-4-9-33-29(25)30(24)37-14-5-13-36(16-17-37)27(22-28(39)32-10-15-35-11-2-3-12-35)26-23-41-31(34-26)38-18-20-40-21-19-38/h4,6-9,23,27H,2-3,5,10-22H2,1H3,(H,32,39). The number of morpholine rings is 1. The molecule has 1 amide bonds. The molecule has 1 aromatic carbocycles. The fourth-order valence-electron chi connectivity index (χ4n) is 6.46. The molecule has 1 N–H and O–H groups in total. The maximum Gasteiger partial charge on any atom is 0.222 e. The molecule has 10 heteroatoms. The first-order valence-corrected chi connectivity index (χ1v) is 16.1. The van der Waals surface area contributed by atoms with Crippen LogP contribution in [0.2, 0.25) is 0 Å². The second-order valence-corrected chi connectivity index (χ2v) is 12.3. The number of ether oxygens (including phenoxy) is 1. The number of nitrogens with one attached hydrogen (secondary N) is 1. The summed E-state index contributed by atoms with van der Waals surface area (Å²) in [6.45, 7) is 13.0. The summed E-state index contributed by atoms with van der Waals surface area (Å²) in [5, 5.41) is 7.61. The van der Waals surface area contributed by atoms with E-state index in [0.717, 1.165) is 94.9 Å². The first-order valence-electron chi connectivity index (χ1n) is 15.3. The van der Waals surface area contributed by atoms with Crippen molar-refractivity contribution in [1.29, 1.82) is 0 Å². The van der Waals surface area contributed by atoms with Gasteiger partial charge in [0.25, 0.3) is 0 Å². The maximum absolute atomic E-state index is 13.3. The molecular formula is C31H43N7O2S. The van der Waals surface area contributed by atoms with Gasteiger partial charge in [-0.25, -0.2) is 4.98 Å². The molecule has 1 atom stereocenters. The molecule has 0 radical (unpaired) electrons. The minimum absolute atomic E-state index is 0.0421. The van der Waals surface area contributed by atoms with Crippen LogP contribution in [0.4, 0.5) is 10.8 Å². The lowest BCUT2D eigenvalue weighted by Gasteiger charge is -2.30. The lowest BCUT2D eigenvalue weighted by Crippen LogP contribution is -2.39. The molecule has 6 rings (SSSR count). The summed E-state index contributed by atoms with van der Waals surface area (Å²) in [5.74, 6) is 0.116. The van der Waals surface area contributed by atoms with Crippen LogP contribution in [-0.2, 0) is 9.53 Å². The highest BCUT2D eigenvalue weighted by Gasteiger charge is 2.29. The molecule has 5 heterocycles. The van der Waals surface area contributed by atoms with Crippen LogP contribution in [-0.4, -0.2) is 104 Å². The molecule has 3 saturated heterocycles. The number of thiazole rings is 1. The zero-order valence-electron chi connectivity index (χ0n) is 24.3. The van der Waals surface area contributed by atoms with Crippen LogP contribution in [0.3, 0.4) is 0 Å². The van der Waals surface area contributed by atoms with E-state index in [1.165, 1.54) is 29.5 Å². The highest BCUT2D eigenvalue weighted by atomic mass is 32.1. The molecule has 3 aliphatic rings. The van der Waals surface area contributed by atoms with E-state index in [9.17, 15) is 4.79 Å². The van der Waals surface area contributed by atoms with Gasteiger partial charge in [0.05, 0.1) is 36.2 Å². The van der Waals surface area contributed by atoms with Crippen LogP contribution in [0.5, 0.6) is 0 Å². The Morgan fingerprint density at radius 3 is 2.71 bits per heavy atom. The predicted molar refractivity (Wildman–Crippen MR) is 166 cm³/mol. The maximum atomic E-state index is 13.3. The molecule has 0 bridgehead atoms. The van der Waals surface area contributed by atoms with Crippen molar-refractivity contribution >= 4 is 39.0 Å². The quantitative estimate of drug-likeness (QED) is 0.413. The number of amides is 1. The van der Waals surface area contributed by atoms with Crippen LogP contribution in [0.25, 0.3) is 10.9 Å². The molecule has 3 aliphatic heterocycles. The molecule has 0 aliphatic carbocycles. The summed E-state index contributed by atoms with van der Waals surface area (Å²) in [6.07, 6.45) is 5.89. The third kappa shape index (κ3) is 6.83. The van der Waals surface area contributed by atoms with E-state index in [1.807, 2.05) is 12.3 Å². The van der Waals surface area contributed by atoms with Crippen molar-refractivity contribution in [3.8, 4) is 0 Å². The molecule has 3 fully saturated rings. The Bertz CT molecular complexity index is 1300. The van der Waals surface area contributed by atoms with E-state index >= 15 is 0 Å². The number of fused-ring (bicyclic) bond motifs is 1. The summed E-state index contributed by atoms with van der Waals surface area (Å²) in [4.78, 5) is 32.9. The number of nitrogens with zero attached hydrogens (tertiary/aromatic N) is 6. The highest BCUT2D eigenvalue weighted by Crippen LogP contribution is 2.33. The van der Waals surface area contributed by atoms with Gasteiger partial charge in [0.15, 0.2) is 5.13 Å². The van der Waals surface area contributed by atoms with E-state index in [1.54, 1.807) is 11.3 Å². The molecule has 0 spiro atoms. The van der Waals surface area contributed by atoms with E-state index < -0.39 is 0 Å². The molecule has 0 saturated carbocycles. The number of pyridine rings is 1. The average Bonchev–Trinajstić information content (AvgIpc) is 3.65. The predicted octanol–water partition coefficient (Wildman–Crippen LogP) is 3.69. The van der Waals surface area contributed by atoms with E-state index in [4.69, 9.17) is 14.7 Å². The van der Waals surface area contributed by atoms with Crippen LogP contribution in [0, 0.1) is 6.92 Å². The summed E-state index contributed by atoms with van der Waals surface area (Å²) in [5.41, 5.74) is 4.59. The van der Waals surface area contributed by atoms with Gasteiger partial charge < -0.3 is 24.8 Å². The number of hydrogen-bond acceptors (Lipinski definition) is 9. The molecule has 220 valence electrons. The van der Waals surface area contributed by atoms with Crippen molar-refractivity contribution in [3.63, 3.8) is 0 Å². The number of carbonyl (C=O) groups is 1. The van der Waals surface area contributed by atoms with Crippen molar-refractivity contribution in [2.45, 2.75) is 38.6 Å². The van der Waals surface area contributed by atoms with Crippen molar-refractivity contribution in [2.24, 2.45) is 0 Å². The zero-order chi connectivity index (χ0) is 28.0. The number of benzene rings is 1. The third-order valence-electron chi connectivity index (χ3n) is 8.70. The minimum atomic E-state index is -0.0421. The molecule has 9 nitrogen and oxygen atoms in total. The van der Waals surface area contributed by atoms with Gasteiger partial charge in [0.1, 0.15) is 0 Å². The Kier molecular flexibility index (Phi) is 9.30. The first kappa shape index (κ1) is 28.3. The SMILES string of the molecule is Cc1ccc2cccnc2c1N1CCCN(C(CC(=O)NCCN2CCCC2)c2csc(N3CCOCC3)n2)CC1. The van der Waals surface area contributed by atoms with Gasteiger partial charge in [-0.15, -0.1) is 11.3 Å². The molecule has 41 heavy (non-hydrogen) atoms.